The minimum atomic E-state index is -4.48. The lowest BCUT2D eigenvalue weighted by molar-refractivity contribution is -0.137. The van der Waals surface area contributed by atoms with Crippen LogP contribution in [0, 0.1) is 0 Å². The number of anilines is 2. The number of halogens is 4. The second kappa shape index (κ2) is 5.57. The average Bonchev–Trinajstić information content (AvgIpc) is 2.40. The van der Waals surface area contributed by atoms with Gasteiger partial charge in [-0.2, -0.15) is 13.2 Å². The first kappa shape index (κ1) is 15.0. The second-order valence-electron chi connectivity index (χ2n) is 3.91. The normalized spacial score (nSPS) is 11.2. The minimum absolute atomic E-state index is 0.145. The Labute approximate surface area is 121 Å². The molecule has 0 atom stereocenters. The number of carboxylic acid groups (broad SMARTS) is 1. The second-order valence-corrected chi connectivity index (χ2v) is 4.32. The first-order valence-corrected chi connectivity index (χ1v) is 5.84. The molecule has 2 rings (SSSR count). The summed E-state index contributed by atoms with van der Waals surface area (Å²) < 4.78 is 37.5. The van der Waals surface area contributed by atoms with Crippen molar-refractivity contribution in [3.8, 4) is 0 Å². The highest BCUT2D eigenvalue weighted by molar-refractivity contribution is 6.33. The van der Waals surface area contributed by atoms with Gasteiger partial charge in [0.05, 0.1) is 28.7 Å². The molecule has 0 bridgehead atoms. The van der Waals surface area contributed by atoms with Crippen molar-refractivity contribution in [2.75, 3.05) is 5.32 Å². The Morgan fingerprint density at radius 2 is 1.95 bits per heavy atom. The van der Waals surface area contributed by atoms with E-state index in [9.17, 15) is 18.0 Å². The first-order valence-electron chi connectivity index (χ1n) is 5.46. The summed E-state index contributed by atoms with van der Waals surface area (Å²) in [6.45, 7) is 0. The van der Waals surface area contributed by atoms with Crippen LogP contribution < -0.4 is 5.32 Å². The summed E-state index contributed by atoms with van der Waals surface area (Å²) in [6, 6.07) is 2.80. The van der Waals surface area contributed by atoms with Gasteiger partial charge in [0.2, 0.25) is 0 Å². The van der Waals surface area contributed by atoms with E-state index in [1.54, 1.807) is 0 Å². The fourth-order valence-electron chi connectivity index (χ4n) is 1.43. The summed E-state index contributed by atoms with van der Waals surface area (Å²) in [6.07, 6.45) is -2.33. The Bertz CT molecular complexity index is 674. The zero-order chi connectivity index (χ0) is 15.6. The van der Waals surface area contributed by atoms with Crippen LogP contribution in [0.1, 0.15) is 16.1 Å². The monoisotopic (exact) mass is 317 g/mol. The number of alkyl halides is 3. The van der Waals surface area contributed by atoms with E-state index >= 15 is 0 Å². The first-order chi connectivity index (χ1) is 9.77. The van der Waals surface area contributed by atoms with Gasteiger partial charge in [-0.15, -0.1) is 0 Å². The predicted octanol–water partition coefficient (Wildman–Crippen LogP) is 3.59. The Kier molecular flexibility index (Phi) is 3.99. The van der Waals surface area contributed by atoms with Gasteiger partial charge in [-0.1, -0.05) is 11.6 Å². The van der Waals surface area contributed by atoms with Gasteiger partial charge < -0.3 is 10.4 Å². The molecule has 0 fully saturated rings. The number of aromatic nitrogens is 2. The number of nitrogens with one attached hydrogen (secondary N) is 1. The summed E-state index contributed by atoms with van der Waals surface area (Å²) in [5.74, 6) is -1.08. The maximum absolute atomic E-state index is 12.5. The van der Waals surface area contributed by atoms with E-state index in [0.29, 0.717) is 0 Å². The smallest absolute Gasteiger partial charge is 0.416 e. The highest BCUT2D eigenvalue weighted by atomic mass is 35.5. The van der Waals surface area contributed by atoms with Gasteiger partial charge in [0.15, 0.2) is 5.69 Å². The lowest BCUT2D eigenvalue weighted by Crippen LogP contribution is -2.06. The molecule has 110 valence electrons. The zero-order valence-electron chi connectivity index (χ0n) is 10.1. The third kappa shape index (κ3) is 3.60. The van der Waals surface area contributed by atoms with Crippen LogP contribution in [0.5, 0.6) is 0 Å². The molecule has 2 aromatic rings. The Morgan fingerprint density at radius 1 is 1.24 bits per heavy atom. The molecule has 1 heterocycles. The van der Waals surface area contributed by atoms with Crippen LogP contribution in [-0.4, -0.2) is 21.0 Å². The summed E-state index contributed by atoms with van der Waals surface area (Å²) >= 11 is 5.76. The molecule has 0 saturated heterocycles. The molecule has 0 aliphatic heterocycles. The van der Waals surface area contributed by atoms with Gasteiger partial charge in [0.25, 0.3) is 0 Å². The Hall–Kier alpha value is -2.35. The molecule has 0 unspecified atom stereocenters. The van der Waals surface area contributed by atoms with Crippen molar-refractivity contribution >= 4 is 29.1 Å². The molecule has 1 aromatic carbocycles. The molecule has 0 amide bonds. The lowest BCUT2D eigenvalue weighted by atomic mass is 10.2. The van der Waals surface area contributed by atoms with Crippen molar-refractivity contribution in [3.05, 3.63) is 46.9 Å². The molecular formula is C12H7ClF3N3O2. The fourth-order valence-corrected chi connectivity index (χ4v) is 1.66. The van der Waals surface area contributed by atoms with Crippen molar-refractivity contribution in [1.82, 2.24) is 9.97 Å². The van der Waals surface area contributed by atoms with E-state index in [1.807, 2.05) is 0 Å². The van der Waals surface area contributed by atoms with Crippen LogP contribution in [0.3, 0.4) is 0 Å². The third-order valence-electron chi connectivity index (χ3n) is 2.43. The van der Waals surface area contributed by atoms with Crippen molar-refractivity contribution in [3.63, 3.8) is 0 Å². The highest BCUT2D eigenvalue weighted by Crippen LogP contribution is 2.34. The van der Waals surface area contributed by atoms with E-state index in [0.717, 1.165) is 30.6 Å². The van der Waals surface area contributed by atoms with Crippen LogP contribution in [0.15, 0.2) is 30.6 Å². The largest absolute Gasteiger partial charge is 0.476 e. The van der Waals surface area contributed by atoms with Gasteiger partial charge in [-0.05, 0) is 18.2 Å². The van der Waals surface area contributed by atoms with E-state index in [1.165, 1.54) is 0 Å². The highest BCUT2D eigenvalue weighted by Gasteiger charge is 2.30. The quantitative estimate of drug-likeness (QED) is 0.904. The maximum atomic E-state index is 12.5. The topological polar surface area (TPSA) is 75.1 Å². The van der Waals surface area contributed by atoms with Gasteiger partial charge >= 0.3 is 12.1 Å². The van der Waals surface area contributed by atoms with E-state index in [4.69, 9.17) is 16.7 Å². The van der Waals surface area contributed by atoms with Gasteiger partial charge in [-0.3, -0.25) is 0 Å². The lowest BCUT2D eigenvalue weighted by Gasteiger charge is -2.11. The SMILES string of the molecule is O=C(O)c1cnc(Nc2ccc(C(F)(F)F)cc2Cl)cn1. The van der Waals surface area contributed by atoms with Crippen LogP contribution in [0.25, 0.3) is 0 Å². The molecule has 2 N–H and O–H groups in total. The van der Waals surface area contributed by atoms with Crippen molar-refractivity contribution in [2.24, 2.45) is 0 Å². The summed E-state index contributed by atoms with van der Waals surface area (Å²) in [7, 11) is 0. The van der Waals surface area contributed by atoms with E-state index in [2.05, 4.69) is 15.3 Å². The summed E-state index contributed by atoms with van der Waals surface area (Å²) in [4.78, 5) is 18.0. The number of hydrogen-bond donors (Lipinski definition) is 2. The molecule has 5 nitrogen and oxygen atoms in total. The number of nitrogens with zero attached hydrogens (tertiary/aromatic N) is 2. The van der Waals surface area contributed by atoms with Crippen molar-refractivity contribution in [2.45, 2.75) is 6.18 Å². The molecule has 0 radical (unpaired) electrons. The third-order valence-corrected chi connectivity index (χ3v) is 2.74. The number of aromatic carboxylic acids is 1. The van der Waals surface area contributed by atoms with Crippen LogP contribution in [-0.2, 0) is 6.18 Å². The van der Waals surface area contributed by atoms with E-state index in [-0.39, 0.29) is 22.2 Å². The molecule has 21 heavy (non-hydrogen) atoms. The summed E-state index contributed by atoms with van der Waals surface area (Å²) in [5.41, 5.74) is -0.925. The summed E-state index contributed by atoms with van der Waals surface area (Å²) in [5, 5.41) is 11.2. The number of carbonyl (C=O) groups is 1. The predicted molar refractivity (Wildman–Crippen MR) is 68.7 cm³/mol. The minimum Gasteiger partial charge on any atom is -0.476 e. The average molecular weight is 318 g/mol. The van der Waals surface area contributed by atoms with Gasteiger partial charge in [0, 0.05) is 0 Å². The number of rotatable bonds is 3. The van der Waals surface area contributed by atoms with Gasteiger partial charge in [0.1, 0.15) is 5.82 Å². The van der Waals surface area contributed by atoms with Crippen LogP contribution >= 0.6 is 11.6 Å². The molecule has 0 aliphatic carbocycles. The molecule has 1 aromatic heterocycles. The number of hydrogen-bond acceptors (Lipinski definition) is 4. The molecule has 0 spiro atoms. The van der Waals surface area contributed by atoms with Crippen LogP contribution in [0.4, 0.5) is 24.7 Å². The standard InChI is InChI=1S/C12H7ClF3N3O2/c13-7-3-6(12(14,15)16)1-2-8(7)19-10-5-17-9(4-18-10)11(20)21/h1-5H,(H,18,19)(H,20,21). The zero-order valence-corrected chi connectivity index (χ0v) is 10.9. The van der Waals surface area contributed by atoms with Crippen molar-refractivity contribution < 1.29 is 23.1 Å². The molecule has 0 aliphatic rings. The Balaban J connectivity index is 2.22. The van der Waals surface area contributed by atoms with Gasteiger partial charge in [-0.25, -0.2) is 14.8 Å². The molecule has 9 heteroatoms. The Morgan fingerprint density at radius 3 is 2.43 bits per heavy atom. The number of benzene rings is 1. The molecule has 0 saturated carbocycles. The van der Waals surface area contributed by atoms with E-state index < -0.39 is 17.7 Å². The molecular weight excluding hydrogens is 311 g/mol. The van der Waals surface area contributed by atoms with Crippen LogP contribution in [0.2, 0.25) is 5.02 Å². The van der Waals surface area contributed by atoms with Crippen molar-refractivity contribution in [1.29, 1.82) is 0 Å². The number of carboxylic acids is 1. The fraction of sp³-hybridized carbons (Fsp3) is 0.0833. The maximum Gasteiger partial charge on any atom is 0.416 e.